The lowest BCUT2D eigenvalue weighted by Crippen LogP contribution is -2.09. The zero-order chi connectivity index (χ0) is 18.0. The molecule has 4 heteroatoms. The van der Waals surface area contributed by atoms with Gasteiger partial charge in [0, 0.05) is 11.4 Å². The molecule has 0 saturated carbocycles. The van der Waals surface area contributed by atoms with E-state index in [9.17, 15) is 9.90 Å². The van der Waals surface area contributed by atoms with Crippen molar-refractivity contribution in [2.45, 2.75) is 20.3 Å². The number of hydrogen-bond donors (Lipinski definition) is 1. The van der Waals surface area contributed by atoms with E-state index in [0.29, 0.717) is 0 Å². The van der Waals surface area contributed by atoms with Gasteiger partial charge in [0.05, 0.1) is 19.2 Å². The minimum Gasteiger partial charge on any atom is -0.497 e. The molecule has 2 aromatic carbocycles. The summed E-state index contributed by atoms with van der Waals surface area (Å²) in [4.78, 5) is 11.3. The van der Waals surface area contributed by atoms with Crippen molar-refractivity contribution in [2.75, 3.05) is 7.11 Å². The summed E-state index contributed by atoms with van der Waals surface area (Å²) in [6, 6.07) is 17.8. The Morgan fingerprint density at radius 3 is 2.36 bits per heavy atom. The van der Waals surface area contributed by atoms with Crippen molar-refractivity contribution in [1.29, 1.82) is 0 Å². The molecule has 0 saturated heterocycles. The molecule has 1 aromatic heterocycles. The van der Waals surface area contributed by atoms with Gasteiger partial charge in [0.1, 0.15) is 5.75 Å². The zero-order valence-corrected chi connectivity index (χ0v) is 14.6. The van der Waals surface area contributed by atoms with E-state index in [-0.39, 0.29) is 6.42 Å². The van der Waals surface area contributed by atoms with Crippen LogP contribution >= 0.6 is 0 Å². The number of carbonyl (C=O) groups is 1. The van der Waals surface area contributed by atoms with E-state index in [1.807, 2.05) is 60.0 Å². The number of hydrogen-bond acceptors (Lipinski definition) is 2. The van der Waals surface area contributed by atoms with E-state index in [2.05, 4.69) is 13.0 Å². The summed E-state index contributed by atoms with van der Waals surface area (Å²) in [5, 5.41) is 9.27. The lowest BCUT2D eigenvalue weighted by Gasteiger charge is -2.16. The predicted molar refractivity (Wildman–Crippen MR) is 98.6 cm³/mol. The minimum absolute atomic E-state index is 0.0243. The zero-order valence-electron chi connectivity index (χ0n) is 14.6. The molecule has 128 valence electrons. The summed E-state index contributed by atoms with van der Waals surface area (Å²) in [6.45, 7) is 4.10. The highest BCUT2D eigenvalue weighted by Crippen LogP contribution is 2.30. The van der Waals surface area contributed by atoms with Gasteiger partial charge in [-0.05, 0) is 67.4 Å². The molecule has 25 heavy (non-hydrogen) atoms. The number of aromatic nitrogens is 1. The molecule has 0 aliphatic carbocycles. The smallest absolute Gasteiger partial charge is 0.309 e. The predicted octanol–water partition coefficient (Wildman–Crippen LogP) is 4.40. The van der Waals surface area contributed by atoms with E-state index >= 15 is 0 Å². The van der Waals surface area contributed by atoms with E-state index in [0.717, 1.165) is 34.0 Å². The molecule has 3 rings (SSSR count). The highest BCUT2D eigenvalue weighted by atomic mass is 16.5. The molecule has 3 aromatic rings. The van der Waals surface area contributed by atoms with E-state index < -0.39 is 5.97 Å². The monoisotopic (exact) mass is 335 g/mol. The van der Waals surface area contributed by atoms with Crippen molar-refractivity contribution in [3.8, 4) is 22.7 Å². The van der Waals surface area contributed by atoms with Gasteiger partial charge in [-0.25, -0.2) is 0 Å². The Bertz CT molecular complexity index is 907. The number of carboxylic acids is 1. The van der Waals surface area contributed by atoms with Crippen LogP contribution in [-0.2, 0) is 11.2 Å². The topological polar surface area (TPSA) is 51.5 Å². The number of aliphatic carboxylic acids is 1. The molecule has 1 heterocycles. The Kier molecular flexibility index (Phi) is 4.61. The van der Waals surface area contributed by atoms with Gasteiger partial charge in [0.15, 0.2) is 0 Å². The highest BCUT2D eigenvalue weighted by molar-refractivity contribution is 5.72. The maximum Gasteiger partial charge on any atom is 0.309 e. The minimum atomic E-state index is -0.842. The Hall–Kier alpha value is -3.01. The maximum absolute atomic E-state index is 11.3. The van der Waals surface area contributed by atoms with Crippen LogP contribution in [0.15, 0.2) is 54.6 Å². The first-order valence-electron chi connectivity index (χ1n) is 8.14. The second-order valence-corrected chi connectivity index (χ2v) is 6.13. The average molecular weight is 335 g/mol. The van der Waals surface area contributed by atoms with Gasteiger partial charge in [-0.1, -0.05) is 17.7 Å². The molecule has 0 amide bonds. The summed E-state index contributed by atoms with van der Waals surface area (Å²) in [7, 11) is 1.64. The van der Waals surface area contributed by atoms with Crippen LogP contribution in [0.25, 0.3) is 16.9 Å². The fourth-order valence-corrected chi connectivity index (χ4v) is 3.10. The van der Waals surface area contributed by atoms with Crippen LogP contribution in [0.3, 0.4) is 0 Å². The second kappa shape index (κ2) is 6.85. The quantitative estimate of drug-likeness (QED) is 0.752. The molecule has 4 nitrogen and oxygen atoms in total. The van der Waals surface area contributed by atoms with Gasteiger partial charge in [0.25, 0.3) is 0 Å². The van der Waals surface area contributed by atoms with Crippen molar-refractivity contribution in [1.82, 2.24) is 4.57 Å². The largest absolute Gasteiger partial charge is 0.497 e. The fourth-order valence-electron chi connectivity index (χ4n) is 3.10. The number of ether oxygens (including phenoxy) is 1. The standard InChI is InChI=1S/C21H21NO3/c1-14-4-10-19(15(2)12-14)22-17(13-21(23)24)7-11-20(22)16-5-8-18(25-3)9-6-16/h4-12H,13H2,1-3H3,(H,23,24). The van der Waals surface area contributed by atoms with E-state index in [1.165, 1.54) is 5.56 Å². The number of benzene rings is 2. The van der Waals surface area contributed by atoms with Crippen LogP contribution in [0.2, 0.25) is 0 Å². The molecule has 0 spiro atoms. The number of methoxy groups -OCH3 is 1. The maximum atomic E-state index is 11.3. The van der Waals surface area contributed by atoms with Crippen LogP contribution in [0.4, 0.5) is 0 Å². The highest BCUT2D eigenvalue weighted by Gasteiger charge is 2.15. The van der Waals surface area contributed by atoms with Crippen molar-refractivity contribution in [3.63, 3.8) is 0 Å². The first-order valence-corrected chi connectivity index (χ1v) is 8.14. The number of rotatable bonds is 5. The molecule has 0 aliphatic rings. The fraction of sp³-hybridized carbons (Fsp3) is 0.190. The lowest BCUT2D eigenvalue weighted by molar-refractivity contribution is -0.136. The van der Waals surface area contributed by atoms with E-state index in [1.54, 1.807) is 7.11 Å². The summed E-state index contributed by atoms with van der Waals surface area (Å²) in [5.74, 6) is -0.0514. The van der Waals surface area contributed by atoms with Gasteiger partial charge < -0.3 is 14.4 Å². The number of aryl methyl sites for hydroxylation is 2. The van der Waals surface area contributed by atoms with Crippen LogP contribution in [-0.4, -0.2) is 22.8 Å². The van der Waals surface area contributed by atoms with Crippen molar-refractivity contribution in [2.24, 2.45) is 0 Å². The van der Waals surface area contributed by atoms with E-state index in [4.69, 9.17) is 4.74 Å². The first-order chi connectivity index (χ1) is 12.0. The Morgan fingerprint density at radius 2 is 1.76 bits per heavy atom. The van der Waals surface area contributed by atoms with Crippen molar-refractivity contribution < 1.29 is 14.6 Å². The SMILES string of the molecule is COc1ccc(-c2ccc(CC(=O)O)n2-c2ccc(C)cc2C)cc1. The average Bonchev–Trinajstić information content (AvgIpc) is 2.97. The molecule has 0 atom stereocenters. The molecular weight excluding hydrogens is 314 g/mol. The van der Waals surface area contributed by atoms with Crippen LogP contribution in [0.5, 0.6) is 5.75 Å². The normalized spacial score (nSPS) is 10.7. The number of carboxylic acid groups (broad SMARTS) is 1. The molecular formula is C21H21NO3. The Labute approximate surface area is 147 Å². The summed E-state index contributed by atoms with van der Waals surface area (Å²) >= 11 is 0. The Balaban J connectivity index is 2.18. The lowest BCUT2D eigenvalue weighted by atomic mass is 10.1. The summed E-state index contributed by atoms with van der Waals surface area (Å²) in [5.41, 5.74) is 6.02. The van der Waals surface area contributed by atoms with Gasteiger partial charge in [-0.3, -0.25) is 4.79 Å². The van der Waals surface area contributed by atoms with Gasteiger partial charge >= 0.3 is 5.97 Å². The third kappa shape index (κ3) is 3.43. The third-order valence-corrected chi connectivity index (χ3v) is 4.27. The molecule has 1 N–H and O–H groups in total. The molecule has 0 aliphatic heterocycles. The molecule has 0 fully saturated rings. The second-order valence-electron chi connectivity index (χ2n) is 6.13. The first kappa shape index (κ1) is 16.8. The third-order valence-electron chi connectivity index (χ3n) is 4.27. The van der Waals surface area contributed by atoms with Gasteiger partial charge in [-0.2, -0.15) is 0 Å². The van der Waals surface area contributed by atoms with Gasteiger partial charge in [0.2, 0.25) is 0 Å². The van der Waals surface area contributed by atoms with Crippen LogP contribution in [0, 0.1) is 13.8 Å². The van der Waals surface area contributed by atoms with Crippen LogP contribution in [0.1, 0.15) is 16.8 Å². The Morgan fingerprint density at radius 1 is 1.04 bits per heavy atom. The van der Waals surface area contributed by atoms with Crippen molar-refractivity contribution in [3.05, 3.63) is 71.4 Å². The number of nitrogens with zero attached hydrogens (tertiary/aromatic N) is 1. The molecule has 0 unspecified atom stereocenters. The summed E-state index contributed by atoms with van der Waals surface area (Å²) in [6.07, 6.45) is -0.0243. The summed E-state index contributed by atoms with van der Waals surface area (Å²) < 4.78 is 7.26. The van der Waals surface area contributed by atoms with Crippen molar-refractivity contribution >= 4 is 5.97 Å². The van der Waals surface area contributed by atoms with Gasteiger partial charge in [-0.15, -0.1) is 0 Å². The van der Waals surface area contributed by atoms with Crippen LogP contribution < -0.4 is 4.74 Å². The molecule has 0 bridgehead atoms. The molecule has 0 radical (unpaired) electrons.